The quantitative estimate of drug-likeness (QED) is 0.927. The molecule has 0 aliphatic carbocycles. The van der Waals surface area contributed by atoms with Gasteiger partial charge in [0.1, 0.15) is 23.3 Å². The fraction of sp³-hybridized carbons (Fsp3) is 0.308. The zero-order valence-corrected chi connectivity index (χ0v) is 10.4. The average Bonchev–Trinajstić information content (AvgIpc) is 2.74. The van der Waals surface area contributed by atoms with E-state index in [1.165, 1.54) is 0 Å². The van der Waals surface area contributed by atoms with Crippen LogP contribution in [0.5, 0.6) is 0 Å². The van der Waals surface area contributed by atoms with Crippen molar-refractivity contribution in [2.24, 2.45) is 5.73 Å². The Hall–Kier alpha value is -1.82. The molecule has 0 bridgehead atoms. The lowest BCUT2D eigenvalue weighted by molar-refractivity contribution is 0.495. The summed E-state index contributed by atoms with van der Waals surface area (Å²) in [5.41, 5.74) is 5.49. The summed E-state index contributed by atoms with van der Waals surface area (Å²) in [6, 6.07) is 0.350. The van der Waals surface area contributed by atoms with Crippen molar-refractivity contribution < 1.29 is 13.2 Å². The fourth-order valence-electron chi connectivity index (χ4n) is 2.02. The number of aryl methyl sites for hydroxylation is 1. The molecule has 1 aromatic heterocycles. The highest BCUT2D eigenvalue weighted by atomic mass is 19.1. The standard InChI is InChI=1S/C13H14F3N3/c1-2-19-4-3-18-12(19)7-11(17)13-9(15)5-8(14)6-10(13)16/h3-6,11H,2,7,17H2,1H3. The van der Waals surface area contributed by atoms with Gasteiger partial charge in [-0.3, -0.25) is 0 Å². The molecule has 0 saturated carbocycles. The summed E-state index contributed by atoms with van der Waals surface area (Å²) in [5, 5.41) is 0. The van der Waals surface area contributed by atoms with Crippen LogP contribution in [0, 0.1) is 17.5 Å². The van der Waals surface area contributed by atoms with Gasteiger partial charge in [0.25, 0.3) is 0 Å². The van der Waals surface area contributed by atoms with Crippen molar-refractivity contribution in [2.75, 3.05) is 0 Å². The van der Waals surface area contributed by atoms with Crippen molar-refractivity contribution in [1.82, 2.24) is 9.55 Å². The number of hydrogen-bond acceptors (Lipinski definition) is 2. The minimum absolute atomic E-state index is 0.181. The van der Waals surface area contributed by atoms with E-state index in [0.29, 0.717) is 24.5 Å². The van der Waals surface area contributed by atoms with Crippen molar-refractivity contribution in [3.8, 4) is 0 Å². The molecule has 1 unspecified atom stereocenters. The van der Waals surface area contributed by atoms with Gasteiger partial charge in [-0.1, -0.05) is 0 Å². The van der Waals surface area contributed by atoms with Crippen LogP contribution in [0.15, 0.2) is 24.5 Å². The van der Waals surface area contributed by atoms with Crippen LogP contribution >= 0.6 is 0 Å². The molecular weight excluding hydrogens is 255 g/mol. The van der Waals surface area contributed by atoms with Crippen LogP contribution in [0.2, 0.25) is 0 Å². The second-order valence-electron chi connectivity index (χ2n) is 4.22. The van der Waals surface area contributed by atoms with Crippen molar-refractivity contribution >= 4 is 0 Å². The lowest BCUT2D eigenvalue weighted by Crippen LogP contribution is -2.19. The predicted octanol–water partition coefficient (Wildman–Crippen LogP) is 2.56. The van der Waals surface area contributed by atoms with Crippen LogP contribution < -0.4 is 5.73 Å². The third-order valence-corrected chi connectivity index (χ3v) is 2.96. The number of rotatable bonds is 4. The molecule has 1 heterocycles. The van der Waals surface area contributed by atoms with E-state index < -0.39 is 23.5 Å². The Balaban J connectivity index is 2.28. The number of aromatic nitrogens is 2. The van der Waals surface area contributed by atoms with E-state index >= 15 is 0 Å². The van der Waals surface area contributed by atoms with Crippen LogP contribution in [0.4, 0.5) is 13.2 Å². The second kappa shape index (κ2) is 5.44. The molecule has 0 saturated heterocycles. The highest BCUT2D eigenvalue weighted by Crippen LogP contribution is 2.23. The van der Waals surface area contributed by atoms with Crippen molar-refractivity contribution in [3.05, 3.63) is 53.4 Å². The Bertz CT molecular complexity index is 557. The van der Waals surface area contributed by atoms with Gasteiger partial charge in [0.15, 0.2) is 0 Å². The highest BCUT2D eigenvalue weighted by molar-refractivity contribution is 5.25. The van der Waals surface area contributed by atoms with Crippen LogP contribution in [-0.4, -0.2) is 9.55 Å². The monoisotopic (exact) mass is 269 g/mol. The van der Waals surface area contributed by atoms with Crippen LogP contribution in [0.1, 0.15) is 24.4 Å². The molecule has 19 heavy (non-hydrogen) atoms. The first-order valence-corrected chi connectivity index (χ1v) is 5.93. The third kappa shape index (κ3) is 2.78. The van der Waals surface area contributed by atoms with E-state index in [4.69, 9.17) is 5.73 Å². The minimum atomic E-state index is -0.973. The van der Waals surface area contributed by atoms with E-state index in [1.807, 2.05) is 11.5 Å². The maximum atomic E-state index is 13.6. The first-order valence-electron chi connectivity index (χ1n) is 5.93. The van der Waals surface area contributed by atoms with Crippen molar-refractivity contribution in [1.29, 1.82) is 0 Å². The molecule has 1 aromatic carbocycles. The van der Waals surface area contributed by atoms with Gasteiger partial charge in [-0.15, -0.1) is 0 Å². The maximum absolute atomic E-state index is 13.6. The van der Waals surface area contributed by atoms with E-state index in [-0.39, 0.29) is 12.0 Å². The van der Waals surface area contributed by atoms with Gasteiger partial charge in [-0.2, -0.15) is 0 Å². The van der Waals surface area contributed by atoms with Crippen LogP contribution in [0.25, 0.3) is 0 Å². The average molecular weight is 269 g/mol. The molecule has 2 rings (SSSR count). The van der Waals surface area contributed by atoms with Gasteiger partial charge < -0.3 is 10.3 Å². The highest BCUT2D eigenvalue weighted by Gasteiger charge is 2.20. The summed E-state index contributed by atoms with van der Waals surface area (Å²) in [4.78, 5) is 4.09. The number of benzene rings is 1. The molecule has 0 spiro atoms. The number of nitrogens with zero attached hydrogens (tertiary/aromatic N) is 2. The van der Waals surface area contributed by atoms with Gasteiger partial charge in [0, 0.05) is 49.1 Å². The Morgan fingerprint density at radius 1 is 1.26 bits per heavy atom. The van der Waals surface area contributed by atoms with Gasteiger partial charge in [-0.05, 0) is 6.92 Å². The topological polar surface area (TPSA) is 43.8 Å². The van der Waals surface area contributed by atoms with Crippen molar-refractivity contribution in [3.63, 3.8) is 0 Å². The molecule has 0 radical (unpaired) electrons. The van der Waals surface area contributed by atoms with Gasteiger partial charge >= 0.3 is 0 Å². The molecule has 0 aliphatic heterocycles. The third-order valence-electron chi connectivity index (χ3n) is 2.96. The number of nitrogens with two attached hydrogens (primary N) is 1. The molecule has 102 valence electrons. The maximum Gasteiger partial charge on any atom is 0.133 e. The van der Waals surface area contributed by atoms with E-state index in [0.717, 1.165) is 0 Å². The zero-order valence-electron chi connectivity index (χ0n) is 10.4. The number of halogens is 3. The Labute approximate surface area is 108 Å². The van der Waals surface area contributed by atoms with E-state index in [9.17, 15) is 13.2 Å². The SMILES string of the molecule is CCn1ccnc1CC(N)c1c(F)cc(F)cc1F. The first kappa shape index (κ1) is 13.6. The molecule has 6 heteroatoms. The summed E-state index contributed by atoms with van der Waals surface area (Å²) in [7, 11) is 0. The summed E-state index contributed by atoms with van der Waals surface area (Å²) >= 11 is 0. The molecule has 2 aromatic rings. The van der Waals surface area contributed by atoms with Crippen LogP contribution in [0.3, 0.4) is 0 Å². The van der Waals surface area contributed by atoms with Crippen LogP contribution in [-0.2, 0) is 13.0 Å². The minimum Gasteiger partial charge on any atom is -0.335 e. The Morgan fingerprint density at radius 2 is 1.89 bits per heavy atom. The first-order chi connectivity index (χ1) is 9.02. The van der Waals surface area contributed by atoms with Gasteiger partial charge in [-0.25, -0.2) is 18.2 Å². The summed E-state index contributed by atoms with van der Waals surface area (Å²) in [6.45, 7) is 2.62. The summed E-state index contributed by atoms with van der Waals surface area (Å²) in [6.07, 6.45) is 3.54. The number of hydrogen-bond donors (Lipinski definition) is 1. The Morgan fingerprint density at radius 3 is 2.47 bits per heavy atom. The lowest BCUT2D eigenvalue weighted by atomic mass is 10.0. The number of imidazole rings is 1. The summed E-state index contributed by atoms with van der Waals surface area (Å²) < 4.78 is 41.8. The largest absolute Gasteiger partial charge is 0.335 e. The summed E-state index contributed by atoms with van der Waals surface area (Å²) in [5.74, 6) is -2.27. The molecule has 0 amide bonds. The lowest BCUT2D eigenvalue weighted by Gasteiger charge is -2.14. The fourth-order valence-corrected chi connectivity index (χ4v) is 2.02. The molecule has 0 fully saturated rings. The van der Waals surface area contributed by atoms with E-state index in [2.05, 4.69) is 4.98 Å². The molecule has 1 atom stereocenters. The normalized spacial score (nSPS) is 12.7. The van der Waals surface area contributed by atoms with Gasteiger partial charge in [0.05, 0.1) is 0 Å². The van der Waals surface area contributed by atoms with E-state index in [1.54, 1.807) is 12.4 Å². The molecular formula is C13H14F3N3. The molecule has 0 aliphatic rings. The smallest absolute Gasteiger partial charge is 0.133 e. The molecule has 2 N–H and O–H groups in total. The predicted molar refractivity (Wildman–Crippen MR) is 64.8 cm³/mol. The molecule has 3 nitrogen and oxygen atoms in total. The Kier molecular flexibility index (Phi) is 3.90. The van der Waals surface area contributed by atoms with Gasteiger partial charge in [0.2, 0.25) is 0 Å². The zero-order chi connectivity index (χ0) is 14.0. The second-order valence-corrected chi connectivity index (χ2v) is 4.22. The van der Waals surface area contributed by atoms with Crippen molar-refractivity contribution in [2.45, 2.75) is 25.9 Å².